The molecule has 0 saturated heterocycles. The number of hydrogen-bond acceptors (Lipinski definition) is 1. The number of nitrogens with zero attached hydrogens (tertiary/aromatic N) is 1. The molecule has 0 aliphatic carbocycles. The molecule has 0 saturated carbocycles. The molecule has 0 bridgehead atoms. The SMILES string of the molecule is C=CC=Cc1cccc2c(N(C=C(c3ccccc3)c3ccccc3)c3ccc(C)cc3)cccc12. The van der Waals surface area contributed by atoms with Crippen molar-refractivity contribution < 1.29 is 0 Å². The Balaban J connectivity index is 1.78. The smallest absolute Gasteiger partial charge is 0.0534 e. The normalized spacial score (nSPS) is 10.9. The summed E-state index contributed by atoms with van der Waals surface area (Å²) < 4.78 is 0. The number of fused-ring (bicyclic) bond motifs is 1. The maximum absolute atomic E-state index is 3.84. The van der Waals surface area contributed by atoms with Crippen LogP contribution in [-0.4, -0.2) is 0 Å². The molecule has 5 aromatic rings. The van der Waals surface area contributed by atoms with Crippen molar-refractivity contribution in [2.75, 3.05) is 4.90 Å². The van der Waals surface area contributed by atoms with E-state index in [1.807, 2.05) is 12.2 Å². The van der Waals surface area contributed by atoms with Crippen LogP contribution < -0.4 is 4.90 Å². The van der Waals surface area contributed by atoms with E-state index in [1.54, 1.807) is 0 Å². The Labute approximate surface area is 214 Å². The highest BCUT2D eigenvalue weighted by Gasteiger charge is 2.15. The molecule has 0 unspecified atom stereocenters. The maximum atomic E-state index is 3.84. The Kier molecular flexibility index (Phi) is 6.91. The van der Waals surface area contributed by atoms with E-state index in [0.717, 1.165) is 16.9 Å². The van der Waals surface area contributed by atoms with Crippen LogP contribution in [0.25, 0.3) is 22.4 Å². The summed E-state index contributed by atoms with van der Waals surface area (Å²) in [6.07, 6.45) is 8.19. The van der Waals surface area contributed by atoms with Crippen molar-refractivity contribution in [2.24, 2.45) is 0 Å². The van der Waals surface area contributed by atoms with Crippen molar-refractivity contribution in [1.82, 2.24) is 0 Å². The van der Waals surface area contributed by atoms with Gasteiger partial charge in [-0.3, -0.25) is 0 Å². The first-order valence-corrected chi connectivity index (χ1v) is 12.2. The largest absolute Gasteiger partial charge is 0.316 e. The lowest BCUT2D eigenvalue weighted by atomic mass is 9.98. The fraction of sp³-hybridized carbons (Fsp3) is 0.0286. The molecule has 0 amide bonds. The van der Waals surface area contributed by atoms with Gasteiger partial charge in [-0.25, -0.2) is 0 Å². The van der Waals surface area contributed by atoms with Crippen LogP contribution in [0.3, 0.4) is 0 Å². The molecule has 0 radical (unpaired) electrons. The van der Waals surface area contributed by atoms with E-state index in [1.165, 1.54) is 33.0 Å². The van der Waals surface area contributed by atoms with Gasteiger partial charge in [0, 0.05) is 22.8 Å². The van der Waals surface area contributed by atoms with Crippen LogP contribution in [0.4, 0.5) is 11.4 Å². The molecule has 0 heterocycles. The van der Waals surface area contributed by atoms with E-state index >= 15 is 0 Å². The third-order valence-corrected chi connectivity index (χ3v) is 6.34. The predicted octanol–water partition coefficient (Wildman–Crippen LogP) is 9.57. The molecule has 174 valence electrons. The lowest BCUT2D eigenvalue weighted by Crippen LogP contribution is -2.11. The van der Waals surface area contributed by atoms with Crippen LogP contribution in [-0.2, 0) is 0 Å². The van der Waals surface area contributed by atoms with Crippen LogP contribution in [0.1, 0.15) is 22.3 Å². The van der Waals surface area contributed by atoms with Gasteiger partial charge < -0.3 is 4.90 Å². The molecule has 0 N–H and O–H groups in total. The van der Waals surface area contributed by atoms with Gasteiger partial charge in [0.25, 0.3) is 0 Å². The highest BCUT2D eigenvalue weighted by Crippen LogP contribution is 2.37. The van der Waals surface area contributed by atoms with Gasteiger partial charge in [0.05, 0.1) is 5.69 Å². The first-order chi connectivity index (χ1) is 17.7. The fourth-order valence-corrected chi connectivity index (χ4v) is 4.51. The molecule has 5 rings (SSSR count). The van der Waals surface area contributed by atoms with Gasteiger partial charge in [0.15, 0.2) is 0 Å². The van der Waals surface area contributed by atoms with E-state index in [2.05, 4.69) is 152 Å². The van der Waals surface area contributed by atoms with Crippen molar-refractivity contribution in [3.63, 3.8) is 0 Å². The van der Waals surface area contributed by atoms with Gasteiger partial charge in [0.1, 0.15) is 0 Å². The minimum Gasteiger partial charge on any atom is -0.316 e. The summed E-state index contributed by atoms with van der Waals surface area (Å²) >= 11 is 0. The summed E-state index contributed by atoms with van der Waals surface area (Å²) in [6.45, 7) is 5.96. The van der Waals surface area contributed by atoms with Crippen molar-refractivity contribution in [3.05, 3.63) is 169 Å². The lowest BCUT2D eigenvalue weighted by Gasteiger charge is -2.25. The highest BCUT2D eigenvalue weighted by molar-refractivity contribution is 6.01. The van der Waals surface area contributed by atoms with E-state index in [-0.39, 0.29) is 0 Å². The third kappa shape index (κ3) is 4.92. The van der Waals surface area contributed by atoms with Gasteiger partial charge in [-0.2, -0.15) is 0 Å². The maximum Gasteiger partial charge on any atom is 0.0534 e. The average Bonchev–Trinajstić information content (AvgIpc) is 2.94. The van der Waals surface area contributed by atoms with E-state index < -0.39 is 0 Å². The third-order valence-electron chi connectivity index (χ3n) is 6.34. The molecule has 1 nitrogen and oxygen atoms in total. The number of aryl methyl sites for hydroxylation is 1. The molecule has 0 aromatic heterocycles. The minimum absolute atomic E-state index is 1.12. The molecule has 0 fully saturated rings. The quantitative estimate of drug-likeness (QED) is 0.217. The van der Waals surface area contributed by atoms with Gasteiger partial charge in [-0.15, -0.1) is 0 Å². The molecular formula is C35H29N. The summed E-state index contributed by atoms with van der Waals surface area (Å²) in [4.78, 5) is 2.32. The Hall–Kier alpha value is -4.62. The first kappa shape index (κ1) is 23.1. The van der Waals surface area contributed by atoms with Crippen LogP contribution in [0.5, 0.6) is 0 Å². The molecule has 1 heteroatoms. The first-order valence-electron chi connectivity index (χ1n) is 12.2. The topological polar surface area (TPSA) is 3.24 Å². The van der Waals surface area contributed by atoms with E-state index in [0.29, 0.717) is 0 Å². The van der Waals surface area contributed by atoms with Crippen LogP contribution in [0, 0.1) is 6.92 Å². The van der Waals surface area contributed by atoms with Crippen LogP contribution in [0.2, 0.25) is 0 Å². The lowest BCUT2D eigenvalue weighted by molar-refractivity contribution is 1.28. The van der Waals surface area contributed by atoms with Gasteiger partial charge >= 0.3 is 0 Å². The van der Waals surface area contributed by atoms with Gasteiger partial charge in [-0.1, -0.05) is 133 Å². The monoisotopic (exact) mass is 463 g/mol. The number of benzene rings is 5. The standard InChI is InChI=1S/C35H29N/c1-3-4-13-28-18-11-20-33-32(28)19-12-21-35(33)36(31-24-22-27(2)23-25-31)26-34(29-14-7-5-8-15-29)30-16-9-6-10-17-30/h3-26H,1H2,2H3. The molecule has 0 aliphatic rings. The zero-order chi connectivity index (χ0) is 24.7. The summed E-state index contributed by atoms with van der Waals surface area (Å²) in [6, 6.07) is 42.9. The molecule has 0 atom stereocenters. The summed E-state index contributed by atoms with van der Waals surface area (Å²) in [5.41, 5.74) is 8.18. The van der Waals surface area contributed by atoms with Crippen LogP contribution in [0.15, 0.2) is 146 Å². The van der Waals surface area contributed by atoms with Crippen LogP contribution >= 0.6 is 0 Å². The van der Waals surface area contributed by atoms with Crippen molar-refractivity contribution in [3.8, 4) is 0 Å². The van der Waals surface area contributed by atoms with Crippen molar-refractivity contribution >= 4 is 33.8 Å². The van der Waals surface area contributed by atoms with Gasteiger partial charge in [-0.05, 0) is 47.2 Å². The zero-order valence-electron chi connectivity index (χ0n) is 20.5. The molecular weight excluding hydrogens is 434 g/mol. The highest BCUT2D eigenvalue weighted by atomic mass is 15.1. The van der Waals surface area contributed by atoms with Gasteiger partial charge in [0.2, 0.25) is 0 Å². The fourth-order valence-electron chi connectivity index (χ4n) is 4.51. The molecule has 5 aromatic carbocycles. The Morgan fingerprint density at radius 2 is 1.25 bits per heavy atom. The Bertz CT molecular complexity index is 1480. The zero-order valence-corrected chi connectivity index (χ0v) is 20.5. The number of rotatable bonds is 7. The number of allylic oxidation sites excluding steroid dienone is 2. The van der Waals surface area contributed by atoms with E-state index in [4.69, 9.17) is 0 Å². The molecule has 0 spiro atoms. The minimum atomic E-state index is 1.12. The molecule has 36 heavy (non-hydrogen) atoms. The summed E-state index contributed by atoms with van der Waals surface area (Å²) in [7, 11) is 0. The summed E-state index contributed by atoms with van der Waals surface area (Å²) in [5.74, 6) is 0. The second-order valence-corrected chi connectivity index (χ2v) is 8.79. The summed E-state index contributed by atoms with van der Waals surface area (Å²) in [5, 5.41) is 2.40. The molecule has 0 aliphatic heterocycles. The van der Waals surface area contributed by atoms with Crippen molar-refractivity contribution in [2.45, 2.75) is 6.92 Å². The Morgan fingerprint density at radius 3 is 1.89 bits per heavy atom. The predicted molar refractivity (Wildman–Crippen MR) is 156 cm³/mol. The number of anilines is 2. The second-order valence-electron chi connectivity index (χ2n) is 8.79. The van der Waals surface area contributed by atoms with Crippen molar-refractivity contribution in [1.29, 1.82) is 0 Å². The number of hydrogen-bond donors (Lipinski definition) is 0. The Morgan fingerprint density at radius 1 is 0.639 bits per heavy atom. The second kappa shape index (κ2) is 10.8. The average molecular weight is 464 g/mol. The van der Waals surface area contributed by atoms with E-state index in [9.17, 15) is 0 Å².